The molecule has 0 radical (unpaired) electrons. The van der Waals surface area contributed by atoms with Crippen molar-refractivity contribution in [3.05, 3.63) is 40.8 Å². The van der Waals surface area contributed by atoms with Crippen molar-refractivity contribution in [3.8, 4) is 5.75 Å². The van der Waals surface area contributed by atoms with Gasteiger partial charge in [0.05, 0.1) is 0 Å². The van der Waals surface area contributed by atoms with Crippen LogP contribution in [0.15, 0.2) is 44.7 Å². The van der Waals surface area contributed by atoms with E-state index in [0.717, 1.165) is 5.39 Å². The smallest absolute Gasteiger partial charge is 0.336 e. The van der Waals surface area contributed by atoms with Gasteiger partial charge in [0.1, 0.15) is 5.58 Å². The van der Waals surface area contributed by atoms with Crippen LogP contribution in [0.25, 0.3) is 11.0 Å². The summed E-state index contributed by atoms with van der Waals surface area (Å²) in [4.78, 5) is 16.3. The molecular weight excluding hydrogens is 230 g/mol. The maximum Gasteiger partial charge on any atom is 0.336 e. The maximum atomic E-state index is 11.1. The molecule has 0 amide bonds. The van der Waals surface area contributed by atoms with Crippen LogP contribution >= 0.6 is 0 Å². The Morgan fingerprint density at radius 2 is 1.94 bits per heavy atom. The molecule has 4 heteroatoms. The molecule has 2 rings (SSSR count). The molecule has 0 saturated heterocycles. The van der Waals surface area contributed by atoms with Crippen molar-refractivity contribution < 1.29 is 9.25 Å². The van der Waals surface area contributed by atoms with Crippen LogP contribution in [0, 0.1) is 5.41 Å². The predicted octanol–water partition coefficient (Wildman–Crippen LogP) is 3.20. The number of rotatable bonds is 2. The lowest BCUT2D eigenvalue weighted by molar-refractivity contribution is 0.337. The Morgan fingerprint density at radius 1 is 1.22 bits per heavy atom. The topological polar surface area (TPSA) is 51.8 Å². The summed E-state index contributed by atoms with van der Waals surface area (Å²) in [5, 5.41) is 4.75. The first-order valence-electron chi connectivity index (χ1n) is 5.69. The second-order valence-corrected chi connectivity index (χ2v) is 5.15. The van der Waals surface area contributed by atoms with E-state index in [1.165, 1.54) is 6.07 Å². The number of benzene rings is 1. The summed E-state index contributed by atoms with van der Waals surface area (Å²) in [6, 6.07) is 8.35. The van der Waals surface area contributed by atoms with Gasteiger partial charge in [-0.3, -0.25) is 0 Å². The Hall–Kier alpha value is -2.10. The van der Waals surface area contributed by atoms with Gasteiger partial charge in [0.25, 0.3) is 0 Å². The summed E-state index contributed by atoms with van der Waals surface area (Å²) in [7, 11) is 0. The summed E-state index contributed by atoms with van der Waals surface area (Å²) in [6.45, 7) is 6.08. The van der Waals surface area contributed by atoms with E-state index in [4.69, 9.17) is 9.25 Å². The maximum absolute atomic E-state index is 11.1. The van der Waals surface area contributed by atoms with Gasteiger partial charge in [0.2, 0.25) is 0 Å². The summed E-state index contributed by atoms with van der Waals surface area (Å²) in [5.41, 5.74) is 0.0763. The third-order valence-corrected chi connectivity index (χ3v) is 2.19. The van der Waals surface area contributed by atoms with E-state index < -0.39 is 0 Å². The molecule has 1 aromatic carbocycles. The van der Waals surface area contributed by atoms with E-state index in [-0.39, 0.29) is 11.0 Å². The molecule has 2 aromatic rings. The van der Waals surface area contributed by atoms with Gasteiger partial charge >= 0.3 is 5.63 Å². The average molecular weight is 245 g/mol. The highest BCUT2D eigenvalue weighted by atomic mass is 16.6. The third-order valence-electron chi connectivity index (χ3n) is 2.19. The molecule has 18 heavy (non-hydrogen) atoms. The highest BCUT2D eigenvalue weighted by molar-refractivity contribution is 5.77. The number of nitrogens with zero attached hydrogens (tertiary/aromatic N) is 1. The fraction of sp³-hybridized carbons (Fsp3) is 0.286. The normalized spacial score (nSPS) is 12.2. The molecule has 0 fully saturated rings. The minimum atomic E-state index is -0.377. The molecule has 0 aliphatic carbocycles. The van der Waals surface area contributed by atoms with Crippen molar-refractivity contribution in [1.82, 2.24) is 0 Å². The Morgan fingerprint density at radius 3 is 2.67 bits per heavy atom. The van der Waals surface area contributed by atoms with Crippen LogP contribution < -0.4 is 10.5 Å². The van der Waals surface area contributed by atoms with Crippen LogP contribution in [-0.2, 0) is 0 Å². The lowest BCUT2D eigenvalue weighted by atomic mass is 10.00. The van der Waals surface area contributed by atoms with Gasteiger partial charge in [-0.2, -0.15) is 0 Å². The molecule has 0 saturated carbocycles. The zero-order valence-corrected chi connectivity index (χ0v) is 10.6. The van der Waals surface area contributed by atoms with Gasteiger partial charge < -0.3 is 9.25 Å². The number of hydrogen-bond donors (Lipinski definition) is 0. The molecule has 1 heterocycles. The summed E-state index contributed by atoms with van der Waals surface area (Å²) in [6.07, 6.45) is 1.72. The Bertz CT molecular complexity index is 635. The van der Waals surface area contributed by atoms with E-state index in [2.05, 4.69) is 5.16 Å². The summed E-state index contributed by atoms with van der Waals surface area (Å²) in [5.74, 6) is 0.539. The molecule has 0 atom stereocenters. The predicted molar refractivity (Wildman–Crippen MR) is 71.1 cm³/mol. The SMILES string of the molecule is CC(C)(C)/C=N/Oc1ccc2ccc(=O)oc2c1. The minimum absolute atomic E-state index is 0.0383. The monoisotopic (exact) mass is 245 g/mol. The van der Waals surface area contributed by atoms with E-state index in [1.807, 2.05) is 26.8 Å². The highest BCUT2D eigenvalue weighted by Crippen LogP contribution is 2.19. The third kappa shape index (κ3) is 3.20. The van der Waals surface area contributed by atoms with Gasteiger partial charge in [-0.25, -0.2) is 4.79 Å². The van der Waals surface area contributed by atoms with E-state index in [9.17, 15) is 4.79 Å². The number of fused-ring (bicyclic) bond motifs is 1. The lowest BCUT2D eigenvalue weighted by Crippen LogP contribution is -2.06. The lowest BCUT2D eigenvalue weighted by Gasteiger charge is -2.09. The van der Waals surface area contributed by atoms with Gasteiger partial charge in [-0.15, -0.1) is 0 Å². The summed E-state index contributed by atoms with van der Waals surface area (Å²) >= 11 is 0. The van der Waals surface area contributed by atoms with Gasteiger partial charge in [0, 0.05) is 29.1 Å². The van der Waals surface area contributed by atoms with Gasteiger partial charge in [0.15, 0.2) is 5.75 Å². The highest BCUT2D eigenvalue weighted by Gasteiger charge is 2.05. The Balaban J connectivity index is 2.25. The van der Waals surface area contributed by atoms with Crippen LogP contribution in [0.3, 0.4) is 0 Å². The molecular formula is C14H15NO3. The molecule has 0 unspecified atom stereocenters. The summed E-state index contributed by atoms with van der Waals surface area (Å²) < 4.78 is 5.06. The second kappa shape index (κ2) is 4.64. The van der Waals surface area contributed by atoms with Crippen molar-refractivity contribution in [3.63, 3.8) is 0 Å². The number of oxime groups is 1. The molecule has 4 nitrogen and oxygen atoms in total. The van der Waals surface area contributed by atoms with Crippen molar-refractivity contribution >= 4 is 17.2 Å². The van der Waals surface area contributed by atoms with Crippen LogP contribution in [-0.4, -0.2) is 6.21 Å². The average Bonchev–Trinajstić information content (AvgIpc) is 2.26. The van der Waals surface area contributed by atoms with Crippen molar-refractivity contribution in [2.75, 3.05) is 0 Å². The largest absolute Gasteiger partial charge is 0.423 e. The van der Waals surface area contributed by atoms with E-state index in [0.29, 0.717) is 11.3 Å². The molecule has 94 valence electrons. The van der Waals surface area contributed by atoms with Crippen molar-refractivity contribution in [1.29, 1.82) is 0 Å². The Kier molecular flexibility index (Phi) is 3.19. The zero-order valence-electron chi connectivity index (χ0n) is 10.6. The molecule has 0 bridgehead atoms. The standard InChI is InChI=1S/C14H15NO3/c1-14(2,3)9-15-18-11-6-4-10-5-7-13(16)17-12(10)8-11/h4-9H,1-3H3/b15-9+. The van der Waals surface area contributed by atoms with Crippen LogP contribution in [0.4, 0.5) is 0 Å². The van der Waals surface area contributed by atoms with Gasteiger partial charge in [-0.05, 0) is 18.2 Å². The molecule has 1 aromatic heterocycles. The molecule has 0 spiro atoms. The Labute approximate surface area is 105 Å². The molecule has 0 aliphatic heterocycles. The number of hydrogen-bond acceptors (Lipinski definition) is 4. The first-order valence-corrected chi connectivity index (χ1v) is 5.69. The second-order valence-electron chi connectivity index (χ2n) is 5.15. The van der Waals surface area contributed by atoms with Crippen LogP contribution in [0.1, 0.15) is 20.8 Å². The van der Waals surface area contributed by atoms with Crippen molar-refractivity contribution in [2.24, 2.45) is 10.6 Å². The zero-order chi connectivity index (χ0) is 13.2. The van der Waals surface area contributed by atoms with Gasteiger partial charge in [-0.1, -0.05) is 25.9 Å². The first kappa shape index (κ1) is 12.4. The van der Waals surface area contributed by atoms with Crippen molar-refractivity contribution in [2.45, 2.75) is 20.8 Å². The molecule has 0 aliphatic rings. The van der Waals surface area contributed by atoms with E-state index >= 15 is 0 Å². The van der Waals surface area contributed by atoms with Crippen LogP contribution in [0.5, 0.6) is 5.75 Å². The quantitative estimate of drug-likeness (QED) is 0.464. The van der Waals surface area contributed by atoms with Crippen LogP contribution in [0.2, 0.25) is 0 Å². The fourth-order valence-corrected chi connectivity index (χ4v) is 1.34. The minimum Gasteiger partial charge on any atom is -0.423 e. The van der Waals surface area contributed by atoms with E-state index in [1.54, 1.807) is 24.4 Å². The first-order chi connectivity index (χ1) is 8.44. The molecule has 0 N–H and O–H groups in total. The fourth-order valence-electron chi connectivity index (χ4n) is 1.34.